The number of halogens is 4. The zero-order valence-corrected chi connectivity index (χ0v) is 22.2. The summed E-state index contributed by atoms with van der Waals surface area (Å²) in [6, 6.07) is 11.4. The molecule has 1 aromatic heterocycles. The summed E-state index contributed by atoms with van der Waals surface area (Å²) in [4.78, 5) is 5.57. The van der Waals surface area contributed by atoms with Crippen molar-refractivity contribution in [2.24, 2.45) is 5.92 Å². The first-order valence-electron chi connectivity index (χ1n) is 12.3. The Morgan fingerprint density at radius 1 is 1.18 bits per heavy atom. The highest BCUT2D eigenvalue weighted by atomic mass is 32.2. The van der Waals surface area contributed by atoms with E-state index in [1.54, 1.807) is 36.1 Å². The van der Waals surface area contributed by atoms with Crippen molar-refractivity contribution in [1.82, 2.24) is 14.2 Å². The molecule has 0 bridgehead atoms. The lowest BCUT2D eigenvalue weighted by atomic mass is 9.94. The first-order valence-corrected chi connectivity index (χ1v) is 13.7. The average Bonchev–Trinajstić information content (AvgIpc) is 2.90. The monoisotopic (exact) mass is 563 g/mol. The lowest BCUT2D eigenvalue weighted by molar-refractivity contribution is -0.176. The summed E-state index contributed by atoms with van der Waals surface area (Å²) in [6.45, 7) is 2.66. The fourth-order valence-corrected chi connectivity index (χ4v) is 6.05. The first kappa shape index (κ1) is 28.7. The number of aryl methyl sites for hydroxylation is 1. The van der Waals surface area contributed by atoms with Gasteiger partial charge in [-0.3, -0.25) is 9.88 Å². The molecule has 39 heavy (non-hydrogen) atoms. The maximum atomic E-state index is 13.5. The van der Waals surface area contributed by atoms with Crippen molar-refractivity contribution >= 4 is 27.6 Å². The number of benzene rings is 2. The summed E-state index contributed by atoms with van der Waals surface area (Å²) in [5.74, 6) is -2.01. The molecule has 2 heterocycles. The number of sulfonamides is 1. The first-order chi connectivity index (χ1) is 18.4. The van der Waals surface area contributed by atoms with Crippen LogP contribution >= 0.6 is 0 Å². The molecule has 1 aliphatic rings. The van der Waals surface area contributed by atoms with E-state index in [0.29, 0.717) is 28.1 Å². The summed E-state index contributed by atoms with van der Waals surface area (Å²) in [5, 5.41) is 11.1. The molecule has 1 fully saturated rings. The van der Waals surface area contributed by atoms with Gasteiger partial charge in [0.1, 0.15) is 10.7 Å². The lowest BCUT2D eigenvalue weighted by Crippen LogP contribution is -2.52. The molecule has 7 nitrogen and oxygen atoms in total. The molecule has 0 amide bonds. The molecule has 208 valence electrons. The predicted molar refractivity (Wildman–Crippen MR) is 141 cm³/mol. The molecule has 3 aromatic rings. The minimum absolute atomic E-state index is 0.0107. The number of alkyl halides is 3. The van der Waals surface area contributed by atoms with Crippen LogP contribution in [0.2, 0.25) is 0 Å². The van der Waals surface area contributed by atoms with Crippen LogP contribution in [0.25, 0.3) is 0 Å². The van der Waals surface area contributed by atoms with Crippen LogP contribution < -0.4 is 5.32 Å². The predicted octanol–water partition coefficient (Wildman–Crippen LogP) is 5.52. The molecule has 0 aliphatic carbocycles. The number of pyridine rings is 1. The quantitative estimate of drug-likeness (QED) is 0.279. The zero-order chi connectivity index (χ0) is 28.4. The van der Waals surface area contributed by atoms with Crippen LogP contribution in [0.4, 0.5) is 28.9 Å². The molecule has 2 N–H and O–H groups in total. The molecule has 2 atom stereocenters. The Labute approximate surface area is 225 Å². The number of nitrogens with one attached hydrogen (secondary N) is 2. The van der Waals surface area contributed by atoms with Gasteiger partial charge in [0, 0.05) is 67.8 Å². The van der Waals surface area contributed by atoms with Gasteiger partial charge < -0.3 is 10.7 Å². The highest BCUT2D eigenvalue weighted by molar-refractivity contribution is 7.89. The van der Waals surface area contributed by atoms with Gasteiger partial charge in [0.05, 0.1) is 5.92 Å². The number of nitrogens with zero attached hydrogens (tertiary/aromatic N) is 3. The van der Waals surface area contributed by atoms with E-state index < -0.39 is 34.0 Å². The van der Waals surface area contributed by atoms with Gasteiger partial charge in [-0.25, -0.2) is 12.8 Å². The van der Waals surface area contributed by atoms with Crippen LogP contribution in [0, 0.1) is 24.1 Å². The fourth-order valence-electron chi connectivity index (χ4n) is 4.65. The molecule has 0 radical (unpaired) electrons. The number of hydrogen-bond acceptors (Lipinski definition) is 6. The summed E-state index contributed by atoms with van der Waals surface area (Å²) in [6.07, 6.45) is -0.579. The van der Waals surface area contributed by atoms with E-state index >= 15 is 0 Å². The lowest BCUT2D eigenvalue weighted by Gasteiger charge is -2.42. The Morgan fingerprint density at radius 3 is 2.51 bits per heavy atom. The molecule has 0 spiro atoms. The van der Waals surface area contributed by atoms with Gasteiger partial charge in [-0.1, -0.05) is 6.92 Å². The number of anilines is 2. The van der Waals surface area contributed by atoms with E-state index in [1.165, 1.54) is 41.0 Å². The van der Waals surface area contributed by atoms with Crippen molar-refractivity contribution in [3.63, 3.8) is 0 Å². The van der Waals surface area contributed by atoms with Crippen LogP contribution in [0.5, 0.6) is 0 Å². The Balaban J connectivity index is 1.71. The number of hydrogen-bond donors (Lipinski definition) is 2. The third kappa shape index (κ3) is 6.45. The highest BCUT2D eigenvalue weighted by Crippen LogP contribution is 2.36. The molecular formula is C27H29F4N5O2S. The van der Waals surface area contributed by atoms with E-state index in [-0.39, 0.29) is 31.1 Å². The zero-order valence-electron chi connectivity index (χ0n) is 21.4. The second-order valence-corrected chi connectivity index (χ2v) is 11.5. The Morgan fingerprint density at radius 2 is 1.90 bits per heavy atom. The maximum absolute atomic E-state index is 13.5. The summed E-state index contributed by atoms with van der Waals surface area (Å²) >= 11 is 0. The molecule has 1 aliphatic heterocycles. The van der Waals surface area contributed by atoms with Gasteiger partial charge in [0.2, 0.25) is 10.0 Å². The van der Waals surface area contributed by atoms with Gasteiger partial charge in [0.15, 0.2) is 0 Å². The summed E-state index contributed by atoms with van der Waals surface area (Å²) < 4.78 is 81.8. The minimum Gasteiger partial charge on any atom is -0.355 e. The number of aromatic nitrogens is 1. The van der Waals surface area contributed by atoms with E-state index in [4.69, 9.17) is 5.41 Å². The highest BCUT2D eigenvalue weighted by Gasteiger charge is 2.41. The van der Waals surface area contributed by atoms with Crippen LogP contribution in [0.1, 0.15) is 29.7 Å². The van der Waals surface area contributed by atoms with Gasteiger partial charge in [-0.05, 0) is 66.6 Å². The average molecular weight is 564 g/mol. The van der Waals surface area contributed by atoms with Gasteiger partial charge >= 0.3 is 6.18 Å². The van der Waals surface area contributed by atoms with Gasteiger partial charge in [-0.2, -0.15) is 17.5 Å². The van der Waals surface area contributed by atoms with Crippen molar-refractivity contribution in [2.75, 3.05) is 31.5 Å². The third-order valence-corrected chi connectivity index (χ3v) is 8.72. The molecule has 4 rings (SSSR count). The smallest absolute Gasteiger partial charge is 0.355 e. The van der Waals surface area contributed by atoms with Crippen molar-refractivity contribution in [2.45, 2.75) is 31.0 Å². The Hall–Kier alpha value is -3.35. The Kier molecular flexibility index (Phi) is 8.38. The van der Waals surface area contributed by atoms with Crippen molar-refractivity contribution in [3.05, 3.63) is 83.4 Å². The maximum Gasteiger partial charge on any atom is 0.392 e. The van der Waals surface area contributed by atoms with Crippen molar-refractivity contribution in [1.29, 1.82) is 5.41 Å². The molecule has 12 heteroatoms. The van der Waals surface area contributed by atoms with Crippen molar-refractivity contribution in [3.8, 4) is 0 Å². The summed E-state index contributed by atoms with van der Waals surface area (Å²) in [5.41, 5.74) is 2.94. The van der Waals surface area contributed by atoms with E-state index in [1.807, 2.05) is 0 Å². The molecule has 2 aromatic carbocycles. The van der Waals surface area contributed by atoms with Gasteiger partial charge in [0.25, 0.3) is 0 Å². The molecule has 1 saturated heterocycles. The van der Waals surface area contributed by atoms with Crippen LogP contribution in [0.3, 0.4) is 0 Å². The van der Waals surface area contributed by atoms with E-state index in [0.717, 1.165) is 13.1 Å². The number of piperazine rings is 1. The third-order valence-electron chi connectivity index (χ3n) is 6.87. The summed E-state index contributed by atoms with van der Waals surface area (Å²) in [7, 11) is -3.93. The Bertz CT molecular complexity index is 1420. The largest absolute Gasteiger partial charge is 0.392 e. The standard InChI is InChI=1S/C27H29F4N5O2S/c1-18-12-25(34-22-7-5-21(28)6-8-22)20(14-32)13-24(18)26-17-36(39(37,38)23-4-3-9-33-15-23)11-10-35(26)16-19(2)27(29,30)31/h3-9,12-15,19,26,32,34H,10-11,16-17H2,1-2H3/t19?,26-/m1/s1. The fraction of sp³-hybridized carbons (Fsp3) is 0.333. The SMILES string of the molecule is Cc1cc(Nc2ccc(F)cc2)c(C=N)cc1[C@H]1CN(S(=O)(=O)c2cccnc2)CCN1CC(C)C(F)(F)F. The normalized spacial score (nSPS) is 18.1. The molecular weight excluding hydrogens is 534 g/mol. The second kappa shape index (κ2) is 11.4. The van der Waals surface area contributed by atoms with Crippen molar-refractivity contribution < 1.29 is 26.0 Å². The number of rotatable bonds is 8. The van der Waals surface area contributed by atoms with Crippen LogP contribution in [0.15, 0.2) is 65.8 Å². The van der Waals surface area contributed by atoms with E-state index in [9.17, 15) is 26.0 Å². The van der Waals surface area contributed by atoms with Crippen LogP contribution in [-0.2, 0) is 10.0 Å². The van der Waals surface area contributed by atoms with Gasteiger partial charge in [-0.15, -0.1) is 0 Å². The molecule has 1 unspecified atom stereocenters. The molecule has 0 saturated carbocycles. The van der Waals surface area contributed by atoms with E-state index in [2.05, 4.69) is 10.3 Å². The van der Waals surface area contributed by atoms with Crippen LogP contribution in [-0.4, -0.2) is 61.2 Å². The second-order valence-electron chi connectivity index (χ2n) is 9.58. The topological polar surface area (TPSA) is 89.4 Å². The minimum atomic E-state index is -4.40.